The molecule has 2 aromatic carbocycles. The van der Waals surface area contributed by atoms with Crippen LogP contribution in [0.3, 0.4) is 0 Å². The van der Waals surface area contributed by atoms with Gasteiger partial charge in [0.05, 0.1) is 17.3 Å². The first-order chi connectivity index (χ1) is 14.0. The molecule has 29 heavy (non-hydrogen) atoms. The molecule has 0 bridgehead atoms. The Bertz CT molecular complexity index is 1180. The third-order valence-corrected chi connectivity index (χ3v) is 5.12. The van der Waals surface area contributed by atoms with E-state index >= 15 is 0 Å². The summed E-state index contributed by atoms with van der Waals surface area (Å²) >= 11 is 18.3. The molecule has 0 aliphatic carbocycles. The summed E-state index contributed by atoms with van der Waals surface area (Å²) in [7, 11) is 0. The van der Waals surface area contributed by atoms with E-state index in [1.807, 2.05) is 24.3 Å². The fraction of sp³-hybridized carbons (Fsp3) is 0.0500. The van der Waals surface area contributed by atoms with Crippen molar-refractivity contribution in [1.29, 1.82) is 0 Å². The zero-order valence-corrected chi connectivity index (χ0v) is 17.1. The second-order valence-electron chi connectivity index (χ2n) is 6.24. The van der Waals surface area contributed by atoms with E-state index in [0.717, 1.165) is 5.56 Å². The highest BCUT2D eigenvalue weighted by molar-refractivity contribution is 6.36. The summed E-state index contributed by atoms with van der Waals surface area (Å²) in [4.78, 5) is 12.5. The van der Waals surface area contributed by atoms with Gasteiger partial charge in [-0.25, -0.2) is 0 Å². The first-order valence-corrected chi connectivity index (χ1v) is 9.72. The number of hydrogen-bond acceptors (Lipinski definition) is 3. The maximum absolute atomic E-state index is 12.5. The fourth-order valence-electron chi connectivity index (χ4n) is 2.77. The molecule has 0 atom stereocenters. The number of aromatic nitrogens is 4. The number of halogens is 3. The molecular formula is C20H14Cl3N5O. The number of benzene rings is 2. The van der Waals surface area contributed by atoms with Crippen LogP contribution in [-0.2, 0) is 6.54 Å². The summed E-state index contributed by atoms with van der Waals surface area (Å²) in [5.74, 6) is 0.0551. The predicted molar refractivity (Wildman–Crippen MR) is 115 cm³/mol. The quantitative estimate of drug-likeness (QED) is 0.423. The van der Waals surface area contributed by atoms with Gasteiger partial charge in [-0.05, 0) is 35.9 Å². The van der Waals surface area contributed by atoms with Crippen LogP contribution in [0.2, 0.25) is 15.1 Å². The fourth-order valence-corrected chi connectivity index (χ4v) is 3.48. The number of nitrogens with one attached hydrogen (secondary N) is 2. The molecule has 0 saturated carbocycles. The highest BCUT2D eigenvalue weighted by atomic mass is 35.5. The van der Waals surface area contributed by atoms with E-state index in [1.54, 1.807) is 41.2 Å². The van der Waals surface area contributed by atoms with Crippen LogP contribution in [-0.4, -0.2) is 25.9 Å². The number of H-pyrrole nitrogens is 1. The highest BCUT2D eigenvalue weighted by Gasteiger charge is 2.14. The number of aromatic amines is 1. The van der Waals surface area contributed by atoms with Gasteiger partial charge in [-0.3, -0.25) is 14.6 Å². The van der Waals surface area contributed by atoms with Crippen molar-refractivity contribution in [3.63, 3.8) is 0 Å². The first-order valence-electron chi connectivity index (χ1n) is 8.58. The van der Waals surface area contributed by atoms with E-state index < -0.39 is 0 Å². The molecule has 9 heteroatoms. The van der Waals surface area contributed by atoms with Crippen molar-refractivity contribution < 1.29 is 4.79 Å². The van der Waals surface area contributed by atoms with Gasteiger partial charge >= 0.3 is 0 Å². The molecule has 4 aromatic rings. The lowest BCUT2D eigenvalue weighted by Crippen LogP contribution is -2.13. The van der Waals surface area contributed by atoms with Gasteiger partial charge in [-0.1, -0.05) is 53.0 Å². The zero-order valence-electron chi connectivity index (χ0n) is 14.9. The van der Waals surface area contributed by atoms with Crippen molar-refractivity contribution >= 4 is 46.5 Å². The van der Waals surface area contributed by atoms with Gasteiger partial charge < -0.3 is 5.32 Å². The van der Waals surface area contributed by atoms with Gasteiger partial charge in [-0.2, -0.15) is 10.2 Å². The molecular weight excluding hydrogens is 433 g/mol. The van der Waals surface area contributed by atoms with Crippen LogP contribution in [0.15, 0.2) is 60.8 Å². The lowest BCUT2D eigenvalue weighted by Gasteiger charge is -2.04. The minimum atomic E-state index is -0.364. The Kier molecular flexibility index (Phi) is 5.58. The smallest absolute Gasteiger partial charge is 0.274 e. The molecule has 0 spiro atoms. The molecule has 2 N–H and O–H groups in total. The molecule has 0 unspecified atom stereocenters. The minimum absolute atomic E-state index is 0.284. The largest absolute Gasteiger partial charge is 0.304 e. The third-order valence-electron chi connectivity index (χ3n) is 4.20. The lowest BCUT2D eigenvalue weighted by atomic mass is 10.1. The van der Waals surface area contributed by atoms with Crippen LogP contribution in [0.25, 0.3) is 11.3 Å². The van der Waals surface area contributed by atoms with Crippen molar-refractivity contribution in [1.82, 2.24) is 20.0 Å². The summed E-state index contributed by atoms with van der Waals surface area (Å²) in [5.41, 5.74) is 2.44. The van der Waals surface area contributed by atoms with E-state index in [9.17, 15) is 4.79 Å². The number of nitrogens with zero attached hydrogens (tertiary/aromatic N) is 3. The molecule has 2 heterocycles. The Hall–Kier alpha value is -2.80. The van der Waals surface area contributed by atoms with Gasteiger partial charge in [-0.15, -0.1) is 0 Å². The minimum Gasteiger partial charge on any atom is -0.304 e. The monoisotopic (exact) mass is 445 g/mol. The van der Waals surface area contributed by atoms with Crippen molar-refractivity contribution in [2.75, 3.05) is 5.32 Å². The van der Waals surface area contributed by atoms with Gasteiger partial charge in [0.2, 0.25) is 0 Å². The number of anilines is 1. The molecule has 0 radical (unpaired) electrons. The molecule has 0 aliphatic rings. The SMILES string of the molecule is O=C(Nc1ccn(Cc2ccccc2Cl)n1)c1cc(-c2ccc(Cl)cc2Cl)n[nH]1. The van der Waals surface area contributed by atoms with Gasteiger partial charge in [0.15, 0.2) is 5.82 Å². The Morgan fingerprint density at radius 3 is 2.66 bits per heavy atom. The summed E-state index contributed by atoms with van der Waals surface area (Å²) in [5, 5.41) is 15.6. The summed E-state index contributed by atoms with van der Waals surface area (Å²) < 4.78 is 1.70. The Morgan fingerprint density at radius 2 is 1.86 bits per heavy atom. The molecule has 4 rings (SSSR count). The number of amides is 1. The topological polar surface area (TPSA) is 75.6 Å². The average molecular weight is 447 g/mol. The van der Waals surface area contributed by atoms with Crippen LogP contribution in [0.4, 0.5) is 5.82 Å². The number of rotatable bonds is 5. The molecule has 6 nitrogen and oxygen atoms in total. The zero-order chi connectivity index (χ0) is 20.4. The normalized spacial score (nSPS) is 10.9. The van der Waals surface area contributed by atoms with Gasteiger partial charge in [0.1, 0.15) is 5.69 Å². The maximum Gasteiger partial charge on any atom is 0.274 e. The lowest BCUT2D eigenvalue weighted by molar-refractivity contribution is 0.102. The van der Waals surface area contributed by atoms with Crippen molar-refractivity contribution in [2.45, 2.75) is 6.54 Å². The maximum atomic E-state index is 12.5. The van der Waals surface area contributed by atoms with E-state index in [4.69, 9.17) is 34.8 Å². The van der Waals surface area contributed by atoms with E-state index in [-0.39, 0.29) is 11.6 Å². The molecule has 0 aliphatic heterocycles. The standard InChI is InChI=1S/C20H14Cl3N5O/c21-13-5-6-14(16(23)9-13)17-10-18(26-25-17)20(29)24-19-7-8-28(27-19)11-12-3-1-2-4-15(12)22/h1-10H,11H2,(H,25,26)(H,24,27,29). The van der Waals surface area contributed by atoms with Crippen molar-refractivity contribution in [3.05, 3.63) is 87.1 Å². The molecule has 0 saturated heterocycles. The van der Waals surface area contributed by atoms with E-state index in [1.165, 1.54) is 0 Å². The van der Waals surface area contributed by atoms with Crippen LogP contribution in [0.5, 0.6) is 0 Å². The molecule has 146 valence electrons. The molecule has 0 fully saturated rings. The molecule has 1 amide bonds. The number of hydrogen-bond donors (Lipinski definition) is 2. The van der Waals surface area contributed by atoms with Crippen LogP contribution >= 0.6 is 34.8 Å². The highest BCUT2D eigenvalue weighted by Crippen LogP contribution is 2.29. The van der Waals surface area contributed by atoms with Crippen LogP contribution < -0.4 is 5.32 Å². The van der Waals surface area contributed by atoms with E-state index in [2.05, 4.69) is 20.6 Å². The van der Waals surface area contributed by atoms with Crippen molar-refractivity contribution in [3.8, 4) is 11.3 Å². The summed E-state index contributed by atoms with van der Waals surface area (Å²) in [6.07, 6.45) is 1.77. The Labute approximate surface area is 181 Å². The van der Waals surface area contributed by atoms with E-state index in [0.29, 0.717) is 38.7 Å². The third kappa shape index (κ3) is 4.45. The second kappa shape index (κ2) is 8.29. The van der Waals surface area contributed by atoms with Crippen LogP contribution in [0.1, 0.15) is 16.1 Å². The van der Waals surface area contributed by atoms with Crippen LogP contribution in [0, 0.1) is 0 Å². The second-order valence-corrected chi connectivity index (χ2v) is 7.49. The van der Waals surface area contributed by atoms with Crippen molar-refractivity contribution in [2.24, 2.45) is 0 Å². The number of carbonyl (C=O) groups is 1. The Morgan fingerprint density at radius 1 is 1.03 bits per heavy atom. The summed E-state index contributed by atoms with van der Waals surface area (Å²) in [6.45, 7) is 0.499. The average Bonchev–Trinajstić information content (AvgIpc) is 3.33. The predicted octanol–water partition coefficient (Wildman–Crippen LogP) is 5.53. The van der Waals surface area contributed by atoms with Gasteiger partial charge in [0, 0.05) is 27.9 Å². The Balaban J connectivity index is 1.46. The summed E-state index contributed by atoms with van der Waals surface area (Å²) in [6, 6.07) is 15.9. The first kappa shape index (κ1) is 19.5. The molecule has 2 aromatic heterocycles. The van der Waals surface area contributed by atoms with Gasteiger partial charge in [0.25, 0.3) is 5.91 Å². The number of carbonyl (C=O) groups excluding carboxylic acids is 1.